The molecule has 0 bridgehead atoms. The predicted molar refractivity (Wildman–Crippen MR) is 122 cm³/mol. The molecule has 8 heteroatoms. The number of hydrogen-bond acceptors (Lipinski definition) is 4. The standard InChI is InChI=1S/C21H26N4O2.2ClH/c1-15-4-7-17(22)14-19(15)21(27)24-18-8-5-16(6-9-18)20(26)23-10-13-25-11-2-3-12-25;;/h4-9,14H,2-3,10-13,22H2,1H3,(H,23,26)(H,24,27);2*1H. The van der Waals surface area contributed by atoms with Crippen molar-refractivity contribution in [3.8, 4) is 0 Å². The number of carbonyl (C=O) groups is 2. The summed E-state index contributed by atoms with van der Waals surface area (Å²) in [4.78, 5) is 27.0. The van der Waals surface area contributed by atoms with Gasteiger partial charge in [0.25, 0.3) is 11.8 Å². The largest absolute Gasteiger partial charge is 0.399 e. The van der Waals surface area contributed by atoms with Crippen LogP contribution in [0.1, 0.15) is 39.1 Å². The number of halogens is 2. The smallest absolute Gasteiger partial charge is 0.256 e. The summed E-state index contributed by atoms with van der Waals surface area (Å²) < 4.78 is 0. The number of hydrogen-bond donors (Lipinski definition) is 3. The lowest BCUT2D eigenvalue weighted by molar-refractivity contribution is 0.0949. The SMILES string of the molecule is Cc1ccc(N)cc1C(=O)Nc1ccc(C(=O)NCCN2CCCC2)cc1.Cl.Cl. The third-order valence-electron chi connectivity index (χ3n) is 4.82. The lowest BCUT2D eigenvalue weighted by Crippen LogP contribution is -2.33. The van der Waals surface area contributed by atoms with E-state index in [2.05, 4.69) is 15.5 Å². The van der Waals surface area contributed by atoms with Gasteiger partial charge in [-0.05, 0) is 74.8 Å². The molecule has 158 valence electrons. The number of carbonyl (C=O) groups excluding carboxylic acids is 2. The van der Waals surface area contributed by atoms with Gasteiger partial charge in [0.2, 0.25) is 0 Å². The van der Waals surface area contributed by atoms with Crippen LogP contribution in [0.5, 0.6) is 0 Å². The Morgan fingerprint density at radius 3 is 2.31 bits per heavy atom. The molecule has 1 heterocycles. The predicted octanol–water partition coefficient (Wildman–Crippen LogP) is 3.50. The molecule has 1 saturated heterocycles. The van der Waals surface area contributed by atoms with Crippen LogP contribution >= 0.6 is 24.8 Å². The van der Waals surface area contributed by atoms with E-state index in [1.807, 2.05) is 13.0 Å². The third-order valence-corrected chi connectivity index (χ3v) is 4.82. The second-order valence-corrected chi connectivity index (χ2v) is 6.91. The lowest BCUT2D eigenvalue weighted by atomic mass is 10.1. The second kappa shape index (κ2) is 11.7. The number of likely N-dealkylation sites (tertiary alicyclic amines) is 1. The zero-order chi connectivity index (χ0) is 19.2. The molecule has 3 rings (SSSR count). The van der Waals surface area contributed by atoms with Crippen molar-refractivity contribution in [3.63, 3.8) is 0 Å². The molecule has 2 amide bonds. The van der Waals surface area contributed by atoms with Crippen molar-refractivity contribution in [2.45, 2.75) is 19.8 Å². The number of nitrogen functional groups attached to an aromatic ring is 1. The van der Waals surface area contributed by atoms with Crippen molar-refractivity contribution < 1.29 is 9.59 Å². The number of nitrogens with one attached hydrogen (secondary N) is 2. The maximum atomic E-state index is 12.4. The van der Waals surface area contributed by atoms with E-state index in [0.29, 0.717) is 29.0 Å². The highest BCUT2D eigenvalue weighted by atomic mass is 35.5. The van der Waals surface area contributed by atoms with Gasteiger partial charge in [-0.1, -0.05) is 6.07 Å². The molecule has 1 aliphatic rings. The topological polar surface area (TPSA) is 87.5 Å². The zero-order valence-corrected chi connectivity index (χ0v) is 18.1. The van der Waals surface area contributed by atoms with Crippen molar-refractivity contribution in [1.29, 1.82) is 0 Å². The molecule has 0 radical (unpaired) electrons. The molecule has 2 aromatic carbocycles. The summed E-state index contributed by atoms with van der Waals surface area (Å²) in [6, 6.07) is 12.1. The number of amides is 2. The van der Waals surface area contributed by atoms with Crippen LogP contribution in [0.4, 0.5) is 11.4 Å². The van der Waals surface area contributed by atoms with Crippen molar-refractivity contribution in [2.24, 2.45) is 0 Å². The van der Waals surface area contributed by atoms with Gasteiger partial charge in [-0.2, -0.15) is 0 Å². The Labute approximate surface area is 184 Å². The van der Waals surface area contributed by atoms with Gasteiger partial charge >= 0.3 is 0 Å². The van der Waals surface area contributed by atoms with Gasteiger partial charge in [0, 0.05) is 35.6 Å². The number of aryl methyl sites for hydroxylation is 1. The molecule has 2 aromatic rings. The molecule has 4 N–H and O–H groups in total. The number of rotatable bonds is 6. The van der Waals surface area contributed by atoms with E-state index in [1.165, 1.54) is 12.8 Å². The van der Waals surface area contributed by atoms with Crippen LogP contribution in [0.25, 0.3) is 0 Å². The molecular weight excluding hydrogens is 411 g/mol. The van der Waals surface area contributed by atoms with Crippen molar-refractivity contribution in [2.75, 3.05) is 37.2 Å². The van der Waals surface area contributed by atoms with Crippen LogP contribution in [-0.2, 0) is 0 Å². The fraction of sp³-hybridized carbons (Fsp3) is 0.333. The third kappa shape index (κ3) is 6.92. The Morgan fingerprint density at radius 2 is 1.66 bits per heavy atom. The Morgan fingerprint density at radius 1 is 1.00 bits per heavy atom. The normalized spacial score (nSPS) is 13.1. The van der Waals surface area contributed by atoms with Crippen LogP contribution in [0.2, 0.25) is 0 Å². The van der Waals surface area contributed by atoms with Crippen LogP contribution in [-0.4, -0.2) is 42.9 Å². The maximum Gasteiger partial charge on any atom is 0.256 e. The highest BCUT2D eigenvalue weighted by Crippen LogP contribution is 2.16. The number of nitrogens with zero attached hydrogens (tertiary/aromatic N) is 1. The molecule has 6 nitrogen and oxygen atoms in total. The number of nitrogens with two attached hydrogens (primary N) is 1. The minimum Gasteiger partial charge on any atom is -0.399 e. The van der Waals surface area contributed by atoms with Crippen LogP contribution in [0.15, 0.2) is 42.5 Å². The van der Waals surface area contributed by atoms with Gasteiger partial charge in [0.15, 0.2) is 0 Å². The minimum atomic E-state index is -0.220. The maximum absolute atomic E-state index is 12.4. The van der Waals surface area contributed by atoms with Gasteiger partial charge in [0.1, 0.15) is 0 Å². The van der Waals surface area contributed by atoms with Gasteiger partial charge in [0.05, 0.1) is 0 Å². The van der Waals surface area contributed by atoms with Crippen molar-refractivity contribution in [1.82, 2.24) is 10.2 Å². The average molecular weight is 439 g/mol. The molecule has 0 saturated carbocycles. The van der Waals surface area contributed by atoms with E-state index < -0.39 is 0 Å². The minimum absolute atomic E-state index is 0. The number of benzene rings is 2. The Kier molecular flexibility index (Phi) is 9.95. The summed E-state index contributed by atoms with van der Waals surface area (Å²) in [5.74, 6) is -0.318. The summed E-state index contributed by atoms with van der Waals surface area (Å²) in [7, 11) is 0. The average Bonchev–Trinajstić information content (AvgIpc) is 3.17. The van der Waals surface area contributed by atoms with Crippen LogP contribution in [0, 0.1) is 6.92 Å². The van der Waals surface area contributed by atoms with Gasteiger partial charge in [-0.15, -0.1) is 24.8 Å². The van der Waals surface area contributed by atoms with Gasteiger partial charge in [-0.25, -0.2) is 0 Å². The summed E-state index contributed by atoms with van der Waals surface area (Å²) in [6.07, 6.45) is 2.49. The molecule has 0 atom stereocenters. The summed E-state index contributed by atoms with van der Waals surface area (Å²) in [5, 5.41) is 5.78. The van der Waals surface area contributed by atoms with Crippen molar-refractivity contribution >= 4 is 48.0 Å². The van der Waals surface area contributed by atoms with Crippen molar-refractivity contribution in [3.05, 3.63) is 59.2 Å². The molecule has 0 spiro atoms. The molecule has 1 fully saturated rings. The first-order valence-electron chi connectivity index (χ1n) is 9.31. The van der Waals surface area contributed by atoms with E-state index in [-0.39, 0.29) is 36.6 Å². The highest BCUT2D eigenvalue weighted by molar-refractivity contribution is 6.06. The quantitative estimate of drug-likeness (QED) is 0.602. The highest BCUT2D eigenvalue weighted by Gasteiger charge is 2.13. The first-order chi connectivity index (χ1) is 13.0. The van der Waals surface area contributed by atoms with E-state index in [0.717, 1.165) is 25.2 Å². The molecule has 0 aromatic heterocycles. The Balaban J connectivity index is 0.00000210. The summed E-state index contributed by atoms with van der Waals surface area (Å²) in [5.41, 5.74) is 8.92. The van der Waals surface area contributed by atoms with E-state index in [9.17, 15) is 9.59 Å². The monoisotopic (exact) mass is 438 g/mol. The van der Waals surface area contributed by atoms with E-state index in [1.54, 1.807) is 36.4 Å². The fourth-order valence-corrected chi connectivity index (χ4v) is 3.22. The van der Waals surface area contributed by atoms with Crippen LogP contribution in [0.3, 0.4) is 0 Å². The molecule has 0 aliphatic carbocycles. The molecule has 1 aliphatic heterocycles. The van der Waals surface area contributed by atoms with E-state index >= 15 is 0 Å². The van der Waals surface area contributed by atoms with Gasteiger partial charge in [-0.3, -0.25) is 9.59 Å². The second-order valence-electron chi connectivity index (χ2n) is 6.91. The summed E-state index contributed by atoms with van der Waals surface area (Å²) >= 11 is 0. The van der Waals surface area contributed by atoms with Gasteiger partial charge < -0.3 is 21.3 Å². The van der Waals surface area contributed by atoms with Crippen LogP contribution < -0.4 is 16.4 Å². The Bertz CT molecular complexity index is 822. The first kappa shape index (κ1) is 24.8. The number of anilines is 2. The Hall–Kier alpha value is -2.28. The molecular formula is C21H28Cl2N4O2. The zero-order valence-electron chi connectivity index (χ0n) is 16.4. The molecule has 0 unspecified atom stereocenters. The summed E-state index contributed by atoms with van der Waals surface area (Å²) in [6.45, 7) is 5.64. The fourth-order valence-electron chi connectivity index (χ4n) is 3.22. The lowest BCUT2D eigenvalue weighted by Gasteiger charge is -2.14. The van der Waals surface area contributed by atoms with E-state index in [4.69, 9.17) is 5.73 Å². The molecule has 29 heavy (non-hydrogen) atoms. The first-order valence-corrected chi connectivity index (χ1v) is 9.31.